The Balaban J connectivity index is 2.26. The molecule has 1 atom stereocenters. The highest BCUT2D eigenvalue weighted by atomic mass is 79.9. The third-order valence-electron chi connectivity index (χ3n) is 2.81. The molecule has 1 aromatic carbocycles. The summed E-state index contributed by atoms with van der Waals surface area (Å²) >= 11 is 3.00. The molecule has 1 aromatic heterocycles. The highest BCUT2D eigenvalue weighted by Gasteiger charge is 2.18. The molecule has 100 valence electrons. The molecule has 19 heavy (non-hydrogen) atoms. The summed E-state index contributed by atoms with van der Waals surface area (Å²) in [6.07, 6.45) is 0.401. The largest absolute Gasteiger partial charge is 0.386 e. The smallest absolute Gasteiger partial charge is 0.143 e. The van der Waals surface area contributed by atoms with Gasteiger partial charge in [-0.3, -0.25) is 4.98 Å². The Bertz CT molecular complexity index is 587. The number of aryl methyl sites for hydroxylation is 1. The van der Waals surface area contributed by atoms with Crippen molar-refractivity contribution in [3.05, 3.63) is 63.4 Å². The van der Waals surface area contributed by atoms with Crippen LogP contribution in [0.2, 0.25) is 0 Å². The van der Waals surface area contributed by atoms with Gasteiger partial charge in [0.1, 0.15) is 17.7 Å². The predicted molar refractivity (Wildman–Crippen MR) is 71.7 cm³/mol. The molecule has 0 aliphatic rings. The van der Waals surface area contributed by atoms with Crippen molar-refractivity contribution in [3.8, 4) is 0 Å². The second-order valence-corrected chi connectivity index (χ2v) is 5.16. The minimum absolute atomic E-state index is 0.149. The number of aliphatic hydroxyl groups excluding tert-OH is 1. The van der Waals surface area contributed by atoms with Gasteiger partial charge in [0.25, 0.3) is 0 Å². The molecule has 2 aromatic rings. The number of aromatic nitrogens is 1. The van der Waals surface area contributed by atoms with Crippen molar-refractivity contribution < 1.29 is 13.9 Å². The number of benzene rings is 1. The van der Waals surface area contributed by atoms with E-state index < -0.39 is 17.7 Å². The predicted octanol–water partition coefficient (Wildman–Crippen LogP) is 3.71. The summed E-state index contributed by atoms with van der Waals surface area (Å²) in [4.78, 5) is 4.05. The van der Waals surface area contributed by atoms with E-state index in [0.29, 0.717) is 5.69 Å². The maximum Gasteiger partial charge on any atom is 0.143 e. The fraction of sp³-hybridized carbons (Fsp3) is 0.214. The number of nitrogens with zero attached hydrogens (tertiary/aromatic N) is 1. The molecule has 0 amide bonds. The van der Waals surface area contributed by atoms with Crippen molar-refractivity contribution in [2.45, 2.75) is 19.4 Å². The summed E-state index contributed by atoms with van der Waals surface area (Å²) < 4.78 is 27.5. The van der Waals surface area contributed by atoms with Crippen LogP contribution in [0.1, 0.15) is 22.9 Å². The Labute approximate surface area is 118 Å². The van der Waals surface area contributed by atoms with Gasteiger partial charge < -0.3 is 5.11 Å². The van der Waals surface area contributed by atoms with Gasteiger partial charge in [-0.15, -0.1) is 0 Å². The molecular formula is C14H12BrF2NO. The lowest BCUT2D eigenvalue weighted by molar-refractivity contribution is 0.171. The van der Waals surface area contributed by atoms with Crippen molar-refractivity contribution in [2.75, 3.05) is 0 Å². The van der Waals surface area contributed by atoms with Crippen LogP contribution in [0, 0.1) is 18.6 Å². The molecule has 0 aliphatic heterocycles. The first-order chi connectivity index (χ1) is 8.99. The van der Waals surface area contributed by atoms with E-state index in [2.05, 4.69) is 20.9 Å². The van der Waals surface area contributed by atoms with Gasteiger partial charge in [0, 0.05) is 18.2 Å². The van der Waals surface area contributed by atoms with Crippen LogP contribution in [-0.2, 0) is 6.42 Å². The molecule has 1 heterocycles. The number of aliphatic hydroxyl groups is 1. The van der Waals surface area contributed by atoms with Gasteiger partial charge in [-0.2, -0.15) is 0 Å². The lowest BCUT2D eigenvalue weighted by atomic mass is 10.0. The van der Waals surface area contributed by atoms with Crippen LogP contribution in [0.15, 0.2) is 34.9 Å². The Hall–Kier alpha value is -1.33. The fourth-order valence-corrected chi connectivity index (χ4v) is 2.10. The van der Waals surface area contributed by atoms with E-state index in [0.717, 1.165) is 11.6 Å². The van der Waals surface area contributed by atoms with Gasteiger partial charge in [-0.1, -0.05) is 6.07 Å². The number of hydrogen-bond donors (Lipinski definition) is 1. The van der Waals surface area contributed by atoms with Crippen LogP contribution in [0.4, 0.5) is 8.78 Å². The molecule has 2 nitrogen and oxygen atoms in total. The van der Waals surface area contributed by atoms with Crippen LogP contribution >= 0.6 is 15.9 Å². The van der Waals surface area contributed by atoms with Gasteiger partial charge >= 0.3 is 0 Å². The molecule has 0 saturated heterocycles. The molecule has 2 rings (SSSR count). The average Bonchev–Trinajstić information content (AvgIpc) is 2.40. The van der Waals surface area contributed by atoms with E-state index >= 15 is 0 Å². The Morgan fingerprint density at radius 1 is 1.26 bits per heavy atom. The summed E-state index contributed by atoms with van der Waals surface area (Å²) in [5.41, 5.74) is 1.20. The molecular weight excluding hydrogens is 316 g/mol. The fourth-order valence-electron chi connectivity index (χ4n) is 1.73. The maximum atomic E-state index is 13.8. The van der Waals surface area contributed by atoms with Crippen molar-refractivity contribution >= 4 is 15.9 Å². The standard InChI is InChI=1S/C14H12BrF2NO/c1-8-2-5-12(18-7-8)13(19)6-9-11(16)4-3-10(15)14(9)17/h2-5,7,13,19H,6H2,1H3. The van der Waals surface area contributed by atoms with E-state index in [1.807, 2.05) is 6.92 Å². The van der Waals surface area contributed by atoms with Crippen LogP contribution in [0.3, 0.4) is 0 Å². The van der Waals surface area contributed by atoms with E-state index in [1.54, 1.807) is 18.3 Å². The first-order valence-electron chi connectivity index (χ1n) is 5.72. The third kappa shape index (κ3) is 3.16. The van der Waals surface area contributed by atoms with Crippen molar-refractivity contribution in [3.63, 3.8) is 0 Å². The van der Waals surface area contributed by atoms with Gasteiger partial charge in [0.15, 0.2) is 0 Å². The zero-order chi connectivity index (χ0) is 14.0. The second kappa shape index (κ2) is 5.75. The van der Waals surface area contributed by atoms with Crippen molar-refractivity contribution in [2.24, 2.45) is 0 Å². The lowest BCUT2D eigenvalue weighted by Gasteiger charge is -2.12. The first-order valence-corrected chi connectivity index (χ1v) is 6.51. The van der Waals surface area contributed by atoms with E-state index in [4.69, 9.17) is 0 Å². The topological polar surface area (TPSA) is 33.1 Å². The average molecular weight is 328 g/mol. The van der Waals surface area contributed by atoms with Gasteiger partial charge in [-0.25, -0.2) is 8.78 Å². The van der Waals surface area contributed by atoms with E-state index in [1.165, 1.54) is 6.07 Å². The second-order valence-electron chi connectivity index (χ2n) is 4.30. The zero-order valence-electron chi connectivity index (χ0n) is 10.2. The van der Waals surface area contributed by atoms with Crippen LogP contribution < -0.4 is 0 Å². The Kier molecular flexibility index (Phi) is 4.27. The van der Waals surface area contributed by atoms with Crippen LogP contribution in [0.25, 0.3) is 0 Å². The van der Waals surface area contributed by atoms with Crippen LogP contribution in [0.5, 0.6) is 0 Å². The van der Waals surface area contributed by atoms with Crippen LogP contribution in [-0.4, -0.2) is 10.1 Å². The Morgan fingerprint density at radius 3 is 2.63 bits per heavy atom. The quantitative estimate of drug-likeness (QED) is 0.872. The summed E-state index contributed by atoms with van der Waals surface area (Å²) in [6, 6.07) is 5.90. The number of halogens is 3. The number of pyridine rings is 1. The SMILES string of the molecule is Cc1ccc(C(O)Cc2c(F)ccc(Br)c2F)nc1. The first kappa shape index (κ1) is 14.1. The summed E-state index contributed by atoms with van der Waals surface area (Å²) in [5, 5.41) is 9.99. The molecule has 0 bridgehead atoms. The van der Waals surface area contributed by atoms with E-state index in [-0.39, 0.29) is 16.5 Å². The number of rotatable bonds is 3. The maximum absolute atomic E-state index is 13.8. The molecule has 1 unspecified atom stereocenters. The minimum Gasteiger partial charge on any atom is -0.386 e. The normalized spacial score (nSPS) is 12.5. The van der Waals surface area contributed by atoms with Crippen molar-refractivity contribution in [1.29, 1.82) is 0 Å². The minimum atomic E-state index is -1.04. The lowest BCUT2D eigenvalue weighted by Crippen LogP contribution is -2.07. The summed E-state index contributed by atoms with van der Waals surface area (Å²) in [5.74, 6) is -1.36. The third-order valence-corrected chi connectivity index (χ3v) is 3.42. The molecule has 0 radical (unpaired) electrons. The zero-order valence-corrected chi connectivity index (χ0v) is 11.8. The highest BCUT2D eigenvalue weighted by Crippen LogP contribution is 2.26. The molecule has 0 saturated carbocycles. The number of hydrogen-bond acceptors (Lipinski definition) is 2. The summed E-state index contributed by atoms with van der Waals surface area (Å²) in [7, 11) is 0. The van der Waals surface area contributed by atoms with Gasteiger partial charge in [-0.05, 0) is 46.6 Å². The molecule has 5 heteroatoms. The summed E-state index contributed by atoms with van der Waals surface area (Å²) in [6.45, 7) is 1.87. The van der Waals surface area contributed by atoms with Gasteiger partial charge in [0.05, 0.1) is 10.2 Å². The molecule has 0 spiro atoms. The monoisotopic (exact) mass is 327 g/mol. The van der Waals surface area contributed by atoms with Crippen molar-refractivity contribution in [1.82, 2.24) is 4.98 Å². The van der Waals surface area contributed by atoms with Gasteiger partial charge in [0.2, 0.25) is 0 Å². The molecule has 1 N–H and O–H groups in total. The Morgan fingerprint density at radius 2 is 2.00 bits per heavy atom. The molecule has 0 aliphatic carbocycles. The highest BCUT2D eigenvalue weighted by molar-refractivity contribution is 9.10. The van der Waals surface area contributed by atoms with E-state index in [9.17, 15) is 13.9 Å². The molecule has 0 fully saturated rings.